The van der Waals surface area contributed by atoms with Crippen molar-refractivity contribution in [1.29, 1.82) is 0 Å². The van der Waals surface area contributed by atoms with Crippen molar-refractivity contribution in [2.24, 2.45) is 10.4 Å². The molecule has 1 aromatic rings. The fourth-order valence-electron chi connectivity index (χ4n) is 1.59. The second-order valence-electron chi connectivity index (χ2n) is 3.83. The standard InChI is InChI=1S/C12H10N2O4/c15-10(16)12(11(17)18)5-4-9(14-7-12)8-3-1-2-6-13-8/h1-6H,7H2,(H,15,16)(H,17,18). The first-order valence-electron chi connectivity index (χ1n) is 5.18. The molecule has 0 unspecified atom stereocenters. The van der Waals surface area contributed by atoms with Gasteiger partial charge >= 0.3 is 11.9 Å². The Morgan fingerprint density at radius 2 is 1.94 bits per heavy atom. The largest absolute Gasteiger partial charge is 0.480 e. The van der Waals surface area contributed by atoms with Gasteiger partial charge in [-0.25, -0.2) is 0 Å². The lowest BCUT2D eigenvalue weighted by Crippen LogP contribution is -2.42. The summed E-state index contributed by atoms with van der Waals surface area (Å²) in [4.78, 5) is 30.2. The topological polar surface area (TPSA) is 99.8 Å². The molecular weight excluding hydrogens is 236 g/mol. The summed E-state index contributed by atoms with van der Waals surface area (Å²) in [5, 5.41) is 18.0. The minimum atomic E-state index is -1.97. The van der Waals surface area contributed by atoms with Gasteiger partial charge in [-0.1, -0.05) is 12.1 Å². The molecule has 0 aliphatic carbocycles. The molecule has 0 spiro atoms. The van der Waals surface area contributed by atoms with Crippen LogP contribution < -0.4 is 0 Å². The first-order valence-corrected chi connectivity index (χ1v) is 5.18. The third-order valence-corrected chi connectivity index (χ3v) is 2.72. The average molecular weight is 246 g/mol. The number of carbonyl (C=O) groups is 2. The van der Waals surface area contributed by atoms with E-state index in [-0.39, 0.29) is 6.54 Å². The van der Waals surface area contributed by atoms with Gasteiger partial charge in [0.15, 0.2) is 0 Å². The van der Waals surface area contributed by atoms with Crippen LogP contribution in [0.2, 0.25) is 0 Å². The van der Waals surface area contributed by atoms with E-state index in [4.69, 9.17) is 10.2 Å². The number of aromatic nitrogens is 1. The Kier molecular flexibility index (Phi) is 2.93. The Hall–Kier alpha value is -2.50. The van der Waals surface area contributed by atoms with Gasteiger partial charge in [0.25, 0.3) is 0 Å². The highest BCUT2D eigenvalue weighted by molar-refractivity contribution is 6.11. The Balaban J connectivity index is 2.31. The Morgan fingerprint density at radius 3 is 2.39 bits per heavy atom. The van der Waals surface area contributed by atoms with Crippen LogP contribution in [0.1, 0.15) is 5.69 Å². The number of aliphatic imine (C=N–C) groups is 1. The maximum Gasteiger partial charge on any atom is 0.326 e. The Morgan fingerprint density at radius 1 is 1.22 bits per heavy atom. The molecule has 0 atom stereocenters. The van der Waals surface area contributed by atoms with Crippen LogP contribution in [-0.4, -0.2) is 39.4 Å². The van der Waals surface area contributed by atoms with Gasteiger partial charge in [-0.3, -0.25) is 19.6 Å². The summed E-state index contributed by atoms with van der Waals surface area (Å²) in [6, 6.07) is 5.24. The molecule has 0 aromatic carbocycles. The number of pyridine rings is 1. The normalized spacial score (nSPS) is 17.0. The van der Waals surface area contributed by atoms with Crippen molar-refractivity contribution in [1.82, 2.24) is 4.98 Å². The molecule has 0 amide bonds. The summed E-state index contributed by atoms with van der Waals surface area (Å²) in [5.41, 5.74) is -0.912. The van der Waals surface area contributed by atoms with E-state index in [2.05, 4.69) is 9.98 Å². The van der Waals surface area contributed by atoms with Crippen molar-refractivity contribution in [3.63, 3.8) is 0 Å². The van der Waals surface area contributed by atoms with Crippen LogP contribution in [0.25, 0.3) is 0 Å². The fraction of sp³-hybridized carbons (Fsp3) is 0.167. The minimum Gasteiger partial charge on any atom is -0.480 e. The van der Waals surface area contributed by atoms with Crippen LogP contribution in [0, 0.1) is 5.41 Å². The lowest BCUT2D eigenvalue weighted by Gasteiger charge is -2.22. The molecule has 6 nitrogen and oxygen atoms in total. The smallest absolute Gasteiger partial charge is 0.326 e. The highest BCUT2D eigenvalue weighted by Crippen LogP contribution is 2.25. The van der Waals surface area contributed by atoms with Crippen molar-refractivity contribution < 1.29 is 19.8 Å². The number of carboxylic acid groups (broad SMARTS) is 2. The average Bonchev–Trinajstić information content (AvgIpc) is 2.39. The van der Waals surface area contributed by atoms with Gasteiger partial charge in [0, 0.05) is 6.20 Å². The maximum atomic E-state index is 11.0. The summed E-state index contributed by atoms with van der Waals surface area (Å²) in [5.74, 6) is -2.84. The van der Waals surface area contributed by atoms with Crippen LogP contribution in [0.5, 0.6) is 0 Å². The SMILES string of the molecule is O=C(O)C1(C(=O)O)C=CC(c2ccccn2)=NC1. The molecule has 0 saturated heterocycles. The van der Waals surface area contributed by atoms with Crippen LogP contribution in [0.15, 0.2) is 41.5 Å². The molecule has 0 bridgehead atoms. The number of allylic oxidation sites excluding steroid dienone is 1. The molecule has 18 heavy (non-hydrogen) atoms. The lowest BCUT2D eigenvalue weighted by molar-refractivity contribution is -0.159. The molecule has 0 fully saturated rings. The molecule has 2 heterocycles. The number of rotatable bonds is 3. The van der Waals surface area contributed by atoms with Crippen molar-refractivity contribution in [3.05, 3.63) is 42.2 Å². The molecule has 1 aliphatic rings. The summed E-state index contributed by atoms with van der Waals surface area (Å²) in [6.45, 7) is -0.333. The zero-order chi connectivity index (χ0) is 13.2. The first kappa shape index (κ1) is 12.0. The minimum absolute atomic E-state index is 0.333. The van der Waals surface area contributed by atoms with Crippen molar-refractivity contribution >= 4 is 17.7 Å². The predicted octanol–water partition coefficient (Wildman–Crippen LogP) is 0.596. The van der Waals surface area contributed by atoms with E-state index in [0.717, 1.165) is 6.08 Å². The van der Waals surface area contributed by atoms with Gasteiger partial charge in [0.2, 0.25) is 5.41 Å². The lowest BCUT2D eigenvalue weighted by atomic mass is 9.85. The number of hydrogen-bond donors (Lipinski definition) is 2. The van der Waals surface area contributed by atoms with Crippen molar-refractivity contribution in [2.45, 2.75) is 0 Å². The van der Waals surface area contributed by atoms with E-state index < -0.39 is 17.4 Å². The quantitative estimate of drug-likeness (QED) is 0.760. The number of carboxylic acids is 2. The number of dihydropyridines is 1. The number of nitrogens with zero attached hydrogens (tertiary/aromatic N) is 2. The summed E-state index contributed by atoms with van der Waals surface area (Å²) >= 11 is 0. The zero-order valence-corrected chi connectivity index (χ0v) is 9.28. The van der Waals surface area contributed by atoms with E-state index >= 15 is 0 Å². The Labute approximate surface area is 102 Å². The highest BCUT2D eigenvalue weighted by atomic mass is 16.4. The highest BCUT2D eigenvalue weighted by Gasteiger charge is 2.45. The van der Waals surface area contributed by atoms with Crippen molar-refractivity contribution in [3.8, 4) is 0 Å². The van der Waals surface area contributed by atoms with Gasteiger partial charge < -0.3 is 10.2 Å². The van der Waals surface area contributed by atoms with Gasteiger partial charge in [-0.15, -0.1) is 0 Å². The monoisotopic (exact) mass is 246 g/mol. The molecule has 2 rings (SSSR count). The Bertz CT molecular complexity index is 534. The summed E-state index contributed by atoms with van der Waals surface area (Å²) < 4.78 is 0. The number of aliphatic carboxylic acids is 2. The molecule has 0 radical (unpaired) electrons. The van der Waals surface area contributed by atoms with Crippen LogP contribution in [0.3, 0.4) is 0 Å². The molecule has 0 saturated carbocycles. The van der Waals surface area contributed by atoms with E-state index in [9.17, 15) is 9.59 Å². The maximum absolute atomic E-state index is 11.0. The van der Waals surface area contributed by atoms with E-state index in [1.54, 1.807) is 24.4 Å². The molecule has 92 valence electrons. The zero-order valence-electron chi connectivity index (χ0n) is 9.28. The van der Waals surface area contributed by atoms with E-state index in [0.29, 0.717) is 11.4 Å². The van der Waals surface area contributed by atoms with Gasteiger partial charge in [-0.2, -0.15) is 0 Å². The molecule has 1 aromatic heterocycles. The number of hydrogen-bond acceptors (Lipinski definition) is 4. The second-order valence-corrected chi connectivity index (χ2v) is 3.83. The van der Waals surface area contributed by atoms with Gasteiger partial charge in [0.05, 0.1) is 18.0 Å². The van der Waals surface area contributed by atoms with Crippen LogP contribution in [0.4, 0.5) is 0 Å². The van der Waals surface area contributed by atoms with Crippen LogP contribution in [-0.2, 0) is 9.59 Å². The fourth-order valence-corrected chi connectivity index (χ4v) is 1.59. The van der Waals surface area contributed by atoms with Crippen LogP contribution >= 0.6 is 0 Å². The molecule has 1 aliphatic heterocycles. The third-order valence-electron chi connectivity index (χ3n) is 2.72. The molecule has 6 heteroatoms. The van der Waals surface area contributed by atoms with Crippen molar-refractivity contribution in [2.75, 3.05) is 6.54 Å². The van der Waals surface area contributed by atoms with E-state index in [1.165, 1.54) is 6.08 Å². The molecule has 2 N–H and O–H groups in total. The third kappa shape index (κ3) is 1.88. The summed E-state index contributed by atoms with van der Waals surface area (Å²) in [6.07, 6.45) is 4.12. The van der Waals surface area contributed by atoms with E-state index in [1.807, 2.05) is 0 Å². The predicted molar refractivity (Wildman–Crippen MR) is 62.5 cm³/mol. The first-order chi connectivity index (χ1) is 8.56. The van der Waals surface area contributed by atoms with Gasteiger partial charge in [0.1, 0.15) is 0 Å². The summed E-state index contributed by atoms with van der Waals surface area (Å²) in [7, 11) is 0. The van der Waals surface area contributed by atoms with Gasteiger partial charge in [-0.05, 0) is 18.2 Å². The molecular formula is C12H10N2O4. The second kappa shape index (κ2) is 4.40.